The Hall–Kier alpha value is -2.55. The molecule has 0 bridgehead atoms. The maximum atomic E-state index is 13.0. The molecule has 1 unspecified atom stereocenters. The fourth-order valence-corrected chi connectivity index (χ4v) is 3.80. The van der Waals surface area contributed by atoms with Gasteiger partial charge in [-0.3, -0.25) is 9.59 Å². The van der Waals surface area contributed by atoms with Crippen molar-refractivity contribution in [3.8, 4) is 6.07 Å². The van der Waals surface area contributed by atoms with Crippen LogP contribution in [0.15, 0.2) is 42.5 Å². The van der Waals surface area contributed by atoms with Crippen molar-refractivity contribution in [1.82, 2.24) is 9.80 Å². The zero-order chi connectivity index (χ0) is 20.3. The van der Waals surface area contributed by atoms with E-state index in [4.69, 9.17) is 28.5 Å². The molecule has 0 spiro atoms. The van der Waals surface area contributed by atoms with E-state index in [1.807, 2.05) is 6.07 Å². The second-order valence-electron chi connectivity index (χ2n) is 6.79. The average Bonchev–Trinajstić information content (AvgIpc) is 3.18. The number of likely N-dealkylation sites (N-methyl/N-ethyl adjacent to an activating group) is 1. The monoisotopic (exact) mass is 415 g/mol. The summed E-state index contributed by atoms with van der Waals surface area (Å²) in [4.78, 5) is 29.1. The molecule has 1 aliphatic heterocycles. The summed E-state index contributed by atoms with van der Waals surface area (Å²) in [5.74, 6) is -0.422. The Labute approximate surface area is 174 Å². The molecule has 1 fully saturated rings. The van der Waals surface area contributed by atoms with Crippen LogP contribution in [0.4, 0.5) is 0 Å². The molecule has 7 heteroatoms. The lowest BCUT2D eigenvalue weighted by atomic mass is 10.1. The molecule has 0 N–H and O–H groups in total. The minimum absolute atomic E-state index is 0.133. The number of amides is 2. The first-order chi connectivity index (χ1) is 13.4. The molecule has 1 saturated heterocycles. The molecule has 3 rings (SSSR count). The van der Waals surface area contributed by atoms with Crippen LogP contribution in [0.5, 0.6) is 0 Å². The standard InChI is InChI=1S/C21H19Cl2N3O2/c1-25(13-15-5-2-4-14(10-15)12-24)21(28)19-6-3-9-26(19)20(27)17-11-16(22)7-8-18(17)23/h2,4-5,7-8,10-11,19H,3,6,9,13H2,1H3. The summed E-state index contributed by atoms with van der Waals surface area (Å²) in [7, 11) is 1.70. The van der Waals surface area contributed by atoms with Crippen LogP contribution in [0.25, 0.3) is 0 Å². The first-order valence-corrected chi connectivity index (χ1v) is 9.66. The number of carbonyl (C=O) groups is 2. The number of carbonyl (C=O) groups excluding carboxylic acids is 2. The molecule has 1 atom stereocenters. The number of benzene rings is 2. The SMILES string of the molecule is CN(Cc1cccc(C#N)c1)C(=O)C1CCCN1C(=O)c1cc(Cl)ccc1Cl. The van der Waals surface area contributed by atoms with E-state index in [0.29, 0.717) is 40.7 Å². The van der Waals surface area contributed by atoms with Crippen molar-refractivity contribution >= 4 is 35.0 Å². The van der Waals surface area contributed by atoms with Gasteiger partial charge in [0.2, 0.25) is 5.91 Å². The lowest BCUT2D eigenvalue weighted by Gasteiger charge is -2.28. The van der Waals surface area contributed by atoms with E-state index < -0.39 is 6.04 Å². The minimum Gasteiger partial charge on any atom is -0.340 e. The third-order valence-corrected chi connectivity index (χ3v) is 5.37. The van der Waals surface area contributed by atoms with Crippen molar-refractivity contribution in [3.63, 3.8) is 0 Å². The van der Waals surface area contributed by atoms with Crippen LogP contribution in [0.1, 0.15) is 34.3 Å². The minimum atomic E-state index is -0.535. The summed E-state index contributed by atoms with van der Waals surface area (Å²) in [6.45, 7) is 0.862. The molecule has 0 saturated carbocycles. The van der Waals surface area contributed by atoms with Gasteiger partial charge >= 0.3 is 0 Å². The molecule has 2 aromatic rings. The van der Waals surface area contributed by atoms with Gasteiger partial charge < -0.3 is 9.80 Å². The molecule has 2 aromatic carbocycles. The highest BCUT2D eigenvalue weighted by atomic mass is 35.5. The maximum absolute atomic E-state index is 13.0. The van der Waals surface area contributed by atoms with Gasteiger partial charge in [-0.05, 0) is 48.7 Å². The fourth-order valence-electron chi connectivity index (χ4n) is 3.43. The molecular formula is C21H19Cl2N3O2. The molecule has 0 radical (unpaired) electrons. The smallest absolute Gasteiger partial charge is 0.256 e. The van der Waals surface area contributed by atoms with Crippen molar-refractivity contribution in [1.29, 1.82) is 5.26 Å². The molecule has 144 valence electrons. The summed E-state index contributed by atoms with van der Waals surface area (Å²) in [6, 6.07) is 13.4. The number of halogens is 2. The zero-order valence-electron chi connectivity index (χ0n) is 15.4. The number of hydrogen-bond acceptors (Lipinski definition) is 3. The van der Waals surface area contributed by atoms with E-state index in [1.165, 1.54) is 6.07 Å². The molecular weight excluding hydrogens is 397 g/mol. The van der Waals surface area contributed by atoms with Crippen LogP contribution >= 0.6 is 23.2 Å². The topological polar surface area (TPSA) is 64.4 Å². The van der Waals surface area contributed by atoms with E-state index in [1.54, 1.807) is 47.2 Å². The first-order valence-electron chi connectivity index (χ1n) is 8.90. The summed E-state index contributed by atoms with van der Waals surface area (Å²) >= 11 is 12.2. The number of rotatable bonds is 4. The Morgan fingerprint density at radius 2 is 2.04 bits per heavy atom. The normalized spacial score (nSPS) is 15.9. The van der Waals surface area contributed by atoms with Crippen molar-refractivity contribution in [3.05, 3.63) is 69.2 Å². The second kappa shape index (κ2) is 8.64. The van der Waals surface area contributed by atoms with Crippen molar-refractivity contribution < 1.29 is 9.59 Å². The zero-order valence-corrected chi connectivity index (χ0v) is 16.9. The Bertz CT molecular complexity index is 955. The van der Waals surface area contributed by atoms with Gasteiger partial charge in [0.25, 0.3) is 5.91 Å². The van der Waals surface area contributed by atoms with Gasteiger partial charge in [-0.2, -0.15) is 5.26 Å². The van der Waals surface area contributed by atoms with E-state index in [9.17, 15) is 9.59 Å². The Kier molecular flexibility index (Phi) is 6.23. The number of nitriles is 1. The first kappa shape index (κ1) is 20.2. The summed E-state index contributed by atoms with van der Waals surface area (Å²) in [5, 5.41) is 9.76. The highest BCUT2D eigenvalue weighted by Crippen LogP contribution is 2.27. The van der Waals surface area contributed by atoms with E-state index in [0.717, 1.165) is 12.0 Å². The number of nitrogens with zero attached hydrogens (tertiary/aromatic N) is 3. The predicted molar refractivity (Wildman–Crippen MR) is 108 cm³/mol. The predicted octanol–water partition coefficient (Wildman–Crippen LogP) is 4.13. The average molecular weight is 416 g/mol. The molecule has 2 amide bonds. The Morgan fingerprint density at radius 1 is 1.25 bits per heavy atom. The third-order valence-electron chi connectivity index (χ3n) is 4.81. The van der Waals surface area contributed by atoms with E-state index in [-0.39, 0.29) is 11.8 Å². The molecule has 1 aliphatic rings. The lowest BCUT2D eigenvalue weighted by molar-refractivity contribution is -0.134. The van der Waals surface area contributed by atoms with Gasteiger partial charge in [-0.1, -0.05) is 35.3 Å². The van der Waals surface area contributed by atoms with E-state index in [2.05, 4.69) is 6.07 Å². The highest BCUT2D eigenvalue weighted by Gasteiger charge is 2.36. The maximum Gasteiger partial charge on any atom is 0.256 e. The van der Waals surface area contributed by atoms with Gasteiger partial charge in [-0.15, -0.1) is 0 Å². The lowest BCUT2D eigenvalue weighted by Crippen LogP contribution is -2.46. The largest absolute Gasteiger partial charge is 0.340 e. The summed E-state index contributed by atoms with van der Waals surface area (Å²) in [6.07, 6.45) is 1.35. The van der Waals surface area contributed by atoms with Crippen LogP contribution < -0.4 is 0 Å². The van der Waals surface area contributed by atoms with Gasteiger partial charge in [0.05, 0.1) is 22.2 Å². The number of hydrogen-bond donors (Lipinski definition) is 0. The molecule has 0 aliphatic carbocycles. The van der Waals surface area contributed by atoms with Crippen LogP contribution in [0, 0.1) is 11.3 Å². The molecule has 0 aromatic heterocycles. The number of likely N-dealkylation sites (tertiary alicyclic amines) is 1. The quantitative estimate of drug-likeness (QED) is 0.753. The Morgan fingerprint density at radius 3 is 2.79 bits per heavy atom. The fraction of sp³-hybridized carbons (Fsp3) is 0.286. The molecule has 5 nitrogen and oxygen atoms in total. The van der Waals surface area contributed by atoms with Crippen LogP contribution in [0.2, 0.25) is 10.0 Å². The van der Waals surface area contributed by atoms with Gasteiger partial charge in [-0.25, -0.2) is 0 Å². The summed E-state index contributed by atoms with van der Waals surface area (Å²) in [5.41, 5.74) is 1.72. The molecule has 28 heavy (non-hydrogen) atoms. The molecule has 1 heterocycles. The van der Waals surface area contributed by atoms with Crippen LogP contribution in [-0.4, -0.2) is 41.2 Å². The van der Waals surface area contributed by atoms with Gasteiger partial charge in [0.1, 0.15) is 6.04 Å². The highest BCUT2D eigenvalue weighted by molar-refractivity contribution is 6.35. The van der Waals surface area contributed by atoms with Crippen molar-refractivity contribution in [2.75, 3.05) is 13.6 Å². The Balaban J connectivity index is 1.76. The van der Waals surface area contributed by atoms with E-state index >= 15 is 0 Å². The van der Waals surface area contributed by atoms with Crippen molar-refractivity contribution in [2.45, 2.75) is 25.4 Å². The summed E-state index contributed by atoms with van der Waals surface area (Å²) < 4.78 is 0. The van der Waals surface area contributed by atoms with Crippen molar-refractivity contribution in [2.24, 2.45) is 0 Å². The third kappa shape index (κ3) is 4.30. The van der Waals surface area contributed by atoms with Gasteiger partial charge in [0, 0.05) is 25.2 Å². The van der Waals surface area contributed by atoms with Gasteiger partial charge in [0.15, 0.2) is 0 Å². The van der Waals surface area contributed by atoms with Crippen LogP contribution in [-0.2, 0) is 11.3 Å². The van der Waals surface area contributed by atoms with Crippen LogP contribution in [0.3, 0.4) is 0 Å². The second-order valence-corrected chi connectivity index (χ2v) is 7.63.